The van der Waals surface area contributed by atoms with E-state index in [2.05, 4.69) is 99.8 Å². The summed E-state index contributed by atoms with van der Waals surface area (Å²) in [6.45, 7) is 5.76. The summed E-state index contributed by atoms with van der Waals surface area (Å²) in [6.07, 6.45) is 51.2. The predicted octanol–water partition coefficient (Wildman–Crippen LogP) is 14.1. The third-order valence-electron chi connectivity index (χ3n) is 12.2. The van der Waals surface area contributed by atoms with E-state index in [1.165, 1.54) is 51.4 Å². The monoisotopic (exact) mass is 1020 g/mol. The van der Waals surface area contributed by atoms with E-state index in [1.54, 1.807) is 0 Å². The van der Waals surface area contributed by atoms with Gasteiger partial charge in [0, 0.05) is 19.3 Å². The second-order valence-corrected chi connectivity index (χ2v) is 18.8. The molecule has 1 aliphatic rings. The van der Waals surface area contributed by atoms with E-state index >= 15 is 0 Å². The zero-order valence-electron chi connectivity index (χ0n) is 45.3. The van der Waals surface area contributed by atoms with E-state index in [4.69, 9.17) is 23.7 Å². The van der Waals surface area contributed by atoms with Gasteiger partial charge in [-0.3, -0.25) is 14.4 Å². The second-order valence-electron chi connectivity index (χ2n) is 18.8. The van der Waals surface area contributed by atoms with Crippen LogP contribution in [0.25, 0.3) is 0 Å². The van der Waals surface area contributed by atoms with E-state index < -0.39 is 67.3 Å². The molecule has 1 saturated heterocycles. The van der Waals surface area contributed by atoms with Crippen molar-refractivity contribution in [3.05, 3.63) is 97.2 Å². The van der Waals surface area contributed by atoms with Crippen LogP contribution in [0.1, 0.15) is 213 Å². The van der Waals surface area contributed by atoms with Crippen molar-refractivity contribution in [3.63, 3.8) is 0 Å². The highest BCUT2D eigenvalue weighted by molar-refractivity contribution is 5.74. The molecule has 6 atom stereocenters. The van der Waals surface area contributed by atoms with E-state index in [9.17, 15) is 34.5 Å². The summed E-state index contributed by atoms with van der Waals surface area (Å²) in [6, 6.07) is 0. The number of allylic oxidation sites excluding steroid dienone is 16. The van der Waals surface area contributed by atoms with Crippen LogP contribution in [0, 0.1) is 0 Å². The quantitative estimate of drug-likeness (QED) is 0.0228. The predicted molar refractivity (Wildman–Crippen MR) is 294 cm³/mol. The van der Waals surface area contributed by atoms with Crippen LogP contribution in [0.15, 0.2) is 97.2 Å². The molecule has 12 heteroatoms. The number of carbonyl (C=O) groups excluding carboxylic acids is 3. The first kappa shape index (κ1) is 66.7. The smallest absolute Gasteiger partial charge is 0.335 e. The van der Waals surface area contributed by atoms with Crippen molar-refractivity contribution in [2.24, 2.45) is 0 Å². The Labute approximate surface area is 441 Å². The Morgan fingerprint density at radius 2 is 0.890 bits per heavy atom. The maximum Gasteiger partial charge on any atom is 0.335 e. The van der Waals surface area contributed by atoms with E-state index in [-0.39, 0.29) is 25.9 Å². The van der Waals surface area contributed by atoms with Gasteiger partial charge in [0.2, 0.25) is 0 Å². The summed E-state index contributed by atoms with van der Waals surface area (Å²) in [5.74, 6) is -3.26. The molecule has 0 amide bonds. The van der Waals surface area contributed by atoms with Gasteiger partial charge in [0.1, 0.15) is 18.8 Å². The summed E-state index contributed by atoms with van der Waals surface area (Å²) in [5, 5.41) is 31.4. The molecule has 3 N–H and O–H groups in total. The number of carbonyl (C=O) groups is 4. The first-order valence-electron chi connectivity index (χ1n) is 28.2. The third kappa shape index (κ3) is 38.8. The molecule has 1 heterocycles. The standard InChI is InChI=1S/C61H98O12/c1-4-7-10-13-16-19-21-23-25-26-27-28-30-32-34-37-40-43-46-49-55(64)72-59-57(66)56(65)58(60(67)68)73-61(59)70-51-52(71-54(63)48-45-42-39-35-18-15-12-9-6-3)50-69-53(62)47-44-41-38-36-33-31-29-24-22-20-17-14-11-8-5-2/h7,10,16-17,19-20,23-25,27-29,32,34,40,43,52,56-59,61,65-66H,4-6,8-9,11-15,18,21-22,26,30-31,33,35-39,41-42,44-51H2,1-3H3,(H,67,68)/b10-7-,19-16-,20-17-,25-23-,28-27-,29-24-,34-32-,43-40-. The third-order valence-corrected chi connectivity index (χ3v) is 12.2. The number of esters is 3. The molecular weight excluding hydrogens is 925 g/mol. The van der Waals surface area contributed by atoms with Crippen molar-refractivity contribution in [3.8, 4) is 0 Å². The van der Waals surface area contributed by atoms with Gasteiger partial charge >= 0.3 is 23.9 Å². The Kier molecular flexibility index (Phi) is 44.4. The van der Waals surface area contributed by atoms with Crippen molar-refractivity contribution in [1.29, 1.82) is 0 Å². The van der Waals surface area contributed by atoms with Gasteiger partial charge in [-0.2, -0.15) is 0 Å². The fraction of sp³-hybridized carbons (Fsp3) is 0.672. The Balaban J connectivity index is 2.72. The summed E-state index contributed by atoms with van der Waals surface area (Å²) >= 11 is 0. The maximum atomic E-state index is 13.0. The van der Waals surface area contributed by atoms with Crippen LogP contribution in [0.2, 0.25) is 0 Å². The van der Waals surface area contributed by atoms with Crippen LogP contribution in [0.3, 0.4) is 0 Å². The Morgan fingerprint density at radius 3 is 1.40 bits per heavy atom. The van der Waals surface area contributed by atoms with Crippen LogP contribution in [-0.2, 0) is 42.9 Å². The second kappa shape index (κ2) is 48.6. The molecule has 0 aliphatic carbocycles. The zero-order chi connectivity index (χ0) is 53.3. The van der Waals surface area contributed by atoms with Gasteiger partial charge in [-0.1, -0.05) is 201 Å². The van der Waals surface area contributed by atoms with Gasteiger partial charge in [-0.25, -0.2) is 4.79 Å². The van der Waals surface area contributed by atoms with Crippen LogP contribution in [-0.4, -0.2) is 89.2 Å². The van der Waals surface area contributed by atoms with E-state index in [0.29, 0.717) is 25.7 Å². The summed E-state index contributed by atoms with van der Waals surface area (Å²) in [7, 11) is 0. The lowest BCUT2D eigenvalue weighted by atomic mass is 9.98. The molecule has 1 fully saturated rings. The number of aliphatic carboxylic acids is 1. The number of rotatable bonds is 46. The van der Waals surface area contributed by atoms with E-state index in [1.807, 2.05) is 18.2 Å². The van der Waals surface area contributed by atoms with Crippen molar-refractivity contribution in [2.45, 2.75) is 250 Å². The Hall–Kier alpha value is -4.36. The zero-order valence-corrected chi connectivity index (χ0v) is 45.3. The summed E-state index contributed by atoms with van der Waals surface area (Å²) in [5.41, 5.74) is 0. The molecule has 0 saturated carbocycles. The maximum absolute atomic E-state index is 13.0. The highest BCUT2D eigenvalue weighted by Gasteiger charge is 2.50. The van der Waals surface area contributed by atoms with Gasteiger partial charge < -0.3 is 39.0 Å². The minimum absolute atomic E-state index is 0.0691. The van der Waals surface area contributed by atoms with Crippen LogP contribution >= 0.6 is 0 Å². The molecule has 73 heavy (non-hydrogen) atoms. The summed E-state index contributed by atoms with van der Waals surface area (Å²) in [4.78, 5) is 50.9. The molecule has 0 radical (unpaired) electrons. The highest BCUT2D eigenvalue weighted by atomic mass is 16.7. The first-order chi connectivity index (χ1) is 35.6. The number of carboxylic acids is 1. The fourth-order valence-electron chi connectivity index (χ4n) is 7.83. The molecule has 0 aromatic heterocycles. The van der Waals surface area contributed by atoms with Crippen molar-refractivity contribution >= 4 is 23.9 Å². The summed E-state index contributed by atoms with van der Waals surface area (Å²) < 4.78 is 28.2. The number of ether oxygens (including phenoxy) is 5. The van der Waals surface area contributed by atoms with Crippen molar-refractivity contribution in [1.82, 2.24) is 0 Å². The number of carboxylic acid groups (broad SMARTS) is 1. The molecule has 0 bridgehead atoms. The Morgan fingerprint density at radius 1 is 0.466 bits per heavy atom. The highest BCUT2D eigenvalue weighted by Crippen LogP contribution is 2.26. The van der Waals surface area contributed by atoms with Gasteiger partial charge in [-0.05, 0) is 89.9 Å². The van der Waals surface area contributed by atoms with Gasteiger partial charge in [0.15, 0.2) is 24.6 Å². The normalized spacial score (nSPS) is 19.1. The van der Waals surface area contributed by atoms with Crippen molar-refractivity contribution in [2.75, 3.05) is 13.2 Å². The molecule has 6 unspecified atom stereocenters. The first-order valence-corrected chi connectivity index (χ1v) is 28.2. The number of hydrogen-bond acceptors (Lipinski definition) is 11. The number of hydrogen-bond donors (Lipinski definition) is 3. The molecule has 1 rings (SSSR count). The fourth-order valence-corrected chi connectivity index (χ4v) is 7.83. The number of aliphatic hydroxyl groups is 2. The molecular formula is C61H98O12. The molecule has 0 aromatic rings. The minimum atomic E-state index is -1.93. The van der Waals surface area contributed by atoms with Gasteiger partial charge in [-0.15, -0.1) is 0 Å². The number of aliphatic hydroxyl groups excluding tert-OH is 2. The molecule has 1 aliphatic heterocycles. The van der Waals surface area contributed by atoms with Gasteiger partial charge in [0.25, 0.3) is 0 Å². The van der Waals surface area contributed by atoms with Crippen LogP contribution in [0.5, 0.6) is 0 Å². The largest absolute Gasteiger partial charge is 0.479 e. The average molecular weight is 1020 g/mol. The lowest BCUT2D eigenvalue weighted by Gasteiger charge is -2.40. The Bertz CT molecular complexity index is 1640. The topological polar surface area (TPSA) is 175 Å². The number of unbranched alkanes of at least 4 members (excludes halogenated alkanes) is 16. The minimum Gasteiger partial charge on any atom is -0.479 e. The average Bonchev–Trinajstić information content (AvgIpc) is 3.37. The molecule has 0 spiro atoms. The van der Waals surface area contributed by atoms with Gasteiger partial charge in [0.05, 0.1) is 6.61 Å². The molecule has 12 nitrogen and oxygen atoms in total. The SMILES string of the molecule is CC/C=C\C/C=C\C/C=C\C/C=C\C/C=C\C/C=C\CCC(=O)OC1C(OCC(COC(=O)CCCCCCC/C=C\C/C=C\CCCCC)OC(=O)CCCCCCCCCCC)OC(C(=O)O)C(O)C1O. The van der Waals surface area contributed by atoms with Crippen LogP contribution < -0.4 is 0 Å². The van der Waals surface area contributed by atoms with Crippen molar-refractivity contribution < 1.29 is 58.2 Å². The van der Waals surface area contributed by atoms with Crippen LogP contribution in [0.4, 0.5) is 0 Å². The molecule has 414 valence electrons. The van der Waals surface area contributed by atoms with E-state index in [0.717, 1.165) is 96.3 Å². The lowest BCUT2D eigenvalue weighted by Crippen LogP contribution is -2.61. The lowest BCUT2D eigenvalue weighted by molar-refractivity contribution is -0.301. The molecule has 0 aromatic carbocycles.